The third-order valence-corrected chi connectivity index (χ3v) is 4.33. The zero-order valence-electron chi connectivity index (χ0n) is 13.3. The van der Waals surface area contributed by atoms with Gasteiger partial charge in [0, 0.05) is 13.1 Å². The lowest BCUT2D eigenvalue weighted by atomic mass is 9.99. The Hall–Kier alpha value is -0.610. The summed E-state index contributed by atoms with van der Waals surface area (Å²) in [5.41, 5.74) is -0.359. The molecule has 1 rings (SSSR count). The van der Waals surface area contributed by atoms with Crippen molar-refractivity contribution >= 4 is 5.91 Å². The van der Waals surface area contributed by atoms with Crippen LogP contribution >= 0.6 is 0 Å². The summed E-state index contributed by atoms with van der Waals surface area (Å²) in [6.07, 6.45) is 3.20. The fourth-order valence-corrected chi connectivity index (χ4v) is 2.79. The van der Waals surface area contributed by atoms with Crippen molar-refractivity contribution in [2.24, 2.45) is 0 Å². The summed E-state index contributed by atoms with van der Waals surface area (Å²) in [5, 5.41) is 3.50. The van der Waals surface area contributed by atoms with Gasteiger partial charge < -0.3 is 9.80 Å². The molecule has 0 spiro atoms. The minimum Gasteiger partial charge on any atom is -0.324 e. The summed E-state index contributed by atoms with van der Waals surface area (Å²) in [5.74, 6) is 0.273. The van der Waals surface area contributed by atoms with Gasteiger partial charge >= 0.3 is 0 Å². The number of hydrogen-bond donors (Lipinski definition) is 1. The highest BCUT2D eigenvalue weighted by atomic mass is 16.2. The van der Waals surface area contributed by atoms with Crippen molar-refractivity contribution in [2.45, 2.75) is 65.6 Å². The van der Waals surface area contributed by atoms with E-state index in [-0.39, 0.29) is 17.6 Å². The maximum absolute atomic E-state index is 12.5. The molecule has 1 aliphatic rings. The standard InChI is InChI=1S/C15H31N3O/c1-6-10-17(9-4)11-12-18-13(7-2)16-15(5,8-3)14(18)19/h13,16H,6-12H2,1-5H3. The van der Waals surface area contributed by atoms with Crippen molar-refractivity contribution in [3.63, 3.8) is 0 Å². The SMILES string of the molecule is CCCN(CC)CCN1C(=O)C(C)(CC)NC1CC. The molecule has 0 aliphatic carbocycles. The molecule has 112 valence electrons. The van der Waals surface area contributed by atoms with Crippen molar-refractivity contribution in [3.8, 4) is 0 Å². The maximum Gasteiger partial charge on any atom is 0.243 e. The van der Waals surface area contributed by atoms with E-state index in [2.05, 4.69) is 37.9 Å². The Morgan fingerprint density at radius 2 is 1.95 bits per heavy atom. The van der Waals surface area contributed by atoms with Gasteiger partial charge in [-0.05, 0) is 39.3 Å². The van der Waals surface area contributed by atoms with Crippen LogP contribution in [0.25, 0.3) is 0 Å². The third-order valence-electron chi connectivity index (χ3n) is 4.33. The van der Waals surface area contributed by atoms with Gasteiger partial charge in [0.1, 0.15) is 0 Å². The molecule has 1 saturated heterocycles. The summed E-state index contributed by atoms with van der Waals surface area (Å²) >= 11 is 0. The van der Waals surface area contributed by atoms with Crippen LogP contribution in [-0.2, 0) is 4.79 Å². The van der Waals surface area contributed by atoms with Crippen LogP contribution < -0.4 is 5.32 Å². The van der Waals surface area contributed by atoms with Crippen LogP contribution in [0.15, 0.2) is 0 Å². The number of amides is 1. The van der Waals surface area contributed by atoms with Crippen LogP contribution in [0.1, 0.15) is 53.9 Å². The number of rotatable bonds is 8. The Bertz CT molecular complexity index is 295. The molecular formula is C15H31N3O. The number of likely N-dealkylation sites (N-methyl/N-ethyl adjacent to an activating group) is 1. The average Bonchev–Trinajstić information content (AvgIpc) is 2.67. The van der Waals surface area contributed by atoms with E-state index < -0.39 is 0 Å². The monoisotopic (exact) mass is 269 g/mol. The minimum absolute atomic E-state index is 0.206. The molecule has 1 aliphatic heterocycles. The van der Waals surface area contributed by atoms with Gasteiger partial charge in [-0.3, -0.25) is 10.1 Å². The van der Waals surface area contributed by atoms with Gasteiger partial charge in [0.15, 0.2) is 0 Å². The van der Waals surface area contributed by atoms with Crippen LogP contribution in [0.5, 0.6) is 0 Å². The summed E-state index contributed by atoms with van der Waals surface area (Å²) in [6, 6.07) is 0. The van der Waals surface area contributed by atoms with Crippen molar-refractivity contribution in [2.75, 3.05) is 26.2 Å². The highest BCUT2D eigenvalue weighted by molar-refractivity contribution is 5.88. The molecule has 2 atom stereocenters. The lowest BCUT2D eigenvalue weighted by Gasteiger charge is -2.27. The summed E-state index contributed by atoms with van der Waals surface area (Å²) in [6.45, 7) is 14.6. The predicted octanol–water partition coefficient (Wildman–Crippen LogP) is 2.05. The highest BCUT2D eigenvalue weighted by Gasteiger charge is 2.45. The van der Waals surface area contributed by atoms with E-state index in [1.54, 1.807) is 0 Å². The van der Waals surface area contributed by atoms with E-state index in [0.29, 0.717) is 0 Å². The van der Waals surface area contributed by atoms with Crippen LogP contribution in [0.4, 0.5) is 0 Å². The van der Waals surface area contributed by atoms with Crippen molar-refractivity contribution < 1.29 is 4.79 Å². The number of carbonyl (C=O) groups is 1. The second-order valence-corrected chi connectivity index (χ2v) is 5.69. The highest BCUT2D eigenvalue weighted by Crippen LogP contribution is 2.24. The van der Waals surface area contributed by atoms with Gasteiger partial charge in [0.05, 0.1) is 11.7 Å². The van der Waals surface area contributed by atoms with Crippen LogP contribution in [-0.4, -0.2) is 53.6 Å². The van der Waals surface area contributed by atoms with Gasteiger partial charge in [0.25, 0.3) is 0 Å². The maximum atomic E-state index is 12.5. The first-order chi connectivity index (χ1) is 9.02. The third kappa shape index (κ3) is 3.69. The second kappa shape index (κ2) is 7.25. The fourth-order valence-electron chi connectivity index (χ4n) is 2.79. The molecule has 0 bridgehead atoms. The molecule has 4 heteroatoms. The molecule has 1 N–H and O–H groups in total. The lowest BCUT2D eigenvalue weighted by Crippen LogP contribution is -2.44. The Morgan fingerprint density at radius 3 is 2.42 bits per heavy atom. The molecule has 0 saturated carbocycles. The fraction of sp³-hybridized carbons (Fsp3) is 0.933. The molecule has 1 fully saturated rings. The molecule has 2 unspecified atom stereocenters. The molecule has 1 heterocycles. The summed E-state index contributed by atoms with van der Waals surface area (Å²) < 4.78 is 0. The Labute approximate surface area is 118 Å². The first-order valence-electron chi connectivity index (χ1n) is 7.83. The smallest absolute Gasteiger partial charge is 0.243 e. The molecule has 0 aromatic rings. The zero-order chi connectivity index (χ0) is 14.5. The number of carbonyl (C=O) groups excluding carboxylic acids is 1. The van der Waals surface area contributed by atoms with E-state index >= 15 is 0 Å². The molecule has 0 aromatic heterocycles. The van der Waals surface area contributed by atoms with Crippen molar-refractivity contribution in [1.82, 2.24) is 15.1 Å². The minimum atomic E-state index is -0.359. The van der Waals surface area contributed by atoms with E-state index in [4.69, 9.17) is 0 Å². The molecular weight excluding hydrogens is 238 g/mol. The molecule has 0 aromatic carbocycles. The van der Waals surface area contributed by atoms with Crippen molar-refractivity contribution in [1.29, 1.82) is 0 Å². The van der Waals surface area contributed by atoms with E-state index in [1.165, 1.54) is 6.42 Å². The zero-order valence-corrected chi connectivity index (χ0v) is 13.3. The number of nitrogens with one attached hydrogen (secondary N) is 1. The van der Waals surface area contributed by atoms with E-state index in [0.717, 1.165) is 39.0 Å². The van der Waals surface area contributed by atoms with Gasteiger partial charge in [0.2, 0.25) is 5.91 Å². The van der Waals surface area contributed by atoms with Gasteiger partial charge in [-0.25, -0.2) is 0 Å². The van der Waals surface area contributed by atoms with E-state index in [1.807, 2.05) is 11.8 Å². The molecule has 4 nitrogen and oxygen atoms in total. The molecule has 19 heavy (non-hydrogen) atoms. The Kier molecular flexibility index (Phi) is 6.27. The van der Waals surface area contributed by atoms with Gasteiger partial charge in [-0.1, -0.05) is 27.7 Å². The van der Waals surface area contributed by atoms with Gasteiger partial charge in [-0.15, -0.1) is 0 Å². The first-order valence-corrected chi connectivity index (χ1v) is 7.83. The number of nitrogens with zero attached hydrogens (tertiary/aromatic N) is 2. The first kappa shape index (κ1) is 16.4. The molecule has 0 radical (unpaired) electrons. The Morgan fingerprint density at radius 1 is 1.26 bits per heavy atom. The molecule has 1 amide bonds. The van der Waals surface area contributed by atoms with Crippen LogP contribution in [0.3, 0.4) is 0 Å². The van der Waals surface area contributed by atoms with Crippen LogP contribution in [0.2, 0.25) is 0 Å². The van der Waals surface area contributed by atoms with Gasteiger partial charge in [-0.2, -0.15) is 0 Å². The second-order valence-electron chi connectivity index (χ2n) is 5.69. The summed E-state index contributed by atoms with van der Waals surface area (Å²) in [4.78, 5) is 17.0. The normalized spacial score (nSPS) is 27.6. The lowest BCUT2D eigenvalue weighted by molar-refractivity contribution is -0.133. The van der Waals surface area contributed by atoms with Crippen LogP contribution in [0, 0.1) is 0 Å². The predicted molar refractivity (Wildman–Crippen MR) is 80.0 cm³/mol. The van der Waals surface area contributed by atoms with E-state index in [9.17, 15) is 4.79 Å². The summed E-state index contributed by atoms with van der Waals surface area (Å²) in [7, 11) is 0. The largest absolute Gasteiger partial charge is 0.324 e. The Balaban J connectivity index is 2.62. The topological polar surface area (TPSA) is 35.6 Å². The van der Waals surface area contributed by atoms with Crippen molar-refractivity contribution in [3.05, 3.63) is 0 Å². The quantitative estimate of drug-likeness (QED) is 0.732. The number of hydrogen-bond acceptors (Lipinski definition) is 3. The average molecular weight is 269 g/mol.